The summed E-state index contributed by atoms with van der Waals surface area (Å²) in [6, 6.07) is 4.67. The predicted molar refractivity (Wildman–Crippen MR) is 75.1 cm³/mol. The van der Waals surface area contributed by atoms with Crippen molar-refractivity contribution in [3.63, 3.8) is 0 Å². The summed E-state index contributed by atoms with van der Waals surface area (Å²) in [7, 11) is -3.54. The Morgan fingerprint density at radius 1 is 1.44 bits per heavy atom. The van der Waals surface area contributed by atoms with Crippen LogP contribution in [0.4, 0.5) is 0 Å². The third-order valence-electron chi connectivity index (χ3n) is 2.93. The molecule has 0 amide bonds. The fourth-order valence-electron chi connectivity index (χ4n) is 2.02. The van der Waals surface area contributed by atoms with Gasteiger partial charge in [0.05, 0.1) is 5.02 Å². The van der Waals surface area contributed by atoms with Gasteiger partial charge in [-0.15, -0.1) is 0 Å². The highest BCUT2D eigenvalue weighted by molar-refractivity contribution is 9.10. The molecule has 0 radical (unpaired) electrons. The Kier molecular flexibility index (Phi) is 4.33. The van der Waals surface area contributed by atoms with E-state index in [1.807, 2.05) is 0 Å². The summed E-state index contributed by atoms with van der Waals surface area (Å²) in [5.41, 5.74) is 5.82. The second-order valence-corrected chi connectivity index (χ2v) is 7.57. The largest absolute Gasteiger partial charge is 0.327 e. The highest BCUT2D eigenvalue weighted by Crippen LogP contribution is 2.28. The minimum Gasteiger partial charge on any atom is -0.327 e. The molecule has 1 atom stereocenters. The predicted octanol–water partition coefficient (Wildman–Crippen LogP) is 2.21. The summed E-state index contributed by atoms with van der Waals surface area (Å²) >= 11 is 9.26. The average Bonchev–Trinajstić information content (AvgIpc) is 2.28. The summed E-state index contributed by atoms with van der Waals surface area (Å²) in [6.45, 7) is 0.858. The molecule has 0 spiro atoms. The first-order chi connectivity index (χ1) is 8.41. The fourth-order valence-corrected chi connectivity index (χ4v) is 4.56. The van der Waals surface area contributed by atoms with Gasteiger partial charge in [0.2, 0.25) is 10.0 Å². The Hall–Kier alpha value is -0.140. The van der Waals surface area contributed by atoms with Crippen LogP contribution >= 0.6 is 27.5 Å². The van der Waals surface area contributed by atoms with Crippen LogP contribution in [0.1, 0.15) is 12.8 Å². The lowest BCUT2D eigenvalue weighted by atomic mass is 10.1. The molecule has 1 aliphatic heterocycles. The third-order valence-corrected chi connectivity index (χ3v) is 5.77. The van der Waals surface area contributed by atoms with E-state index in [-0.39, 0.29) is 16.0 Å². The molecule has 2 N–H and O–H groups in total. The molecule has 1 saturated heterocycles. The van der Waals surface area contributed by atoms with Gasteiger partial charge in [-0.05, 0) is 31.0 Å². The molecule has 1 fully saturated rings. The van der Waals surface area contributed by atoms with Crippen LogP contribution in [0, 0.1) is 0 Å². The normalized spacial score (nSPS) is 22.1. The maximum absolute atomic E-state index is 12.4. The van der Waals surface area contributed by atoms with E-state index in [9.17, 15) is 8.42 Å². The van der Waals surface area contributed by atoms with E-state index < -0.39 is 10.0 Å². The van der Waals surface area contributed by atoms with Gasteiger partial charge in [0.1, 0.15) is 4.90 Å². The molecule has 0 unspecified atom stereocenters. The molecule has 1 aromatic rings. The Morgan fingerprint density at radius 3 is 2.78 bits per heavy atom. The van der Waals surface area contributed by atoms with Gasteiger partial charge in [-0.3, -0.25) is 0 Å². The monoisotopic (exact) mass is 352 g/mol. The Balaban J connectivity index is 2.35. The molecular weight excluding hydrogens is 340 g/mol. The van der Waals surface area contributed by atoms with Crippen molar-refractivity contribution >= 4 is 37.6 Å². The number of piperidine rings is 1. The molecule has 0 aromatic heterocycles. The van der Waals surface area contributed by atoms with Crippen molar-refractivity contribution in [3.8, 4) is 0 Å². The number of nitrogens with two attached hydrogens (primary N) is 1. The van der Waals surface area contributed by atoms with Crippen molar-refractivity contribution in [1.29, 1.82) is 0 Å². The SMILES string of the molecule is N[C@@H]1CCCN(S(=O)(=O)c2ccc(Br)cc2Cl)C1. The van der Waals surface area contributed by atoms with Crippen LogP contribution in [0.3, 0.4) is 0 Å². The molecular formula is C11H14BrClN2O2S. The Labute approximate surface area is 120 Å². The first-order valence-corrected chi connectivity index (χ1v) is 8.23. The van der Waals surface area contributed by atoms with Crippen LogP contribution < -0.4 is 5.73 Å². The topological polar surface area (TPSA) is 63.4 Å². The molecule has 18 heavy (non-hydrogen) atoms. The first-order valence-electron chi connectivity index (χ1n) is 5.62. The fraction of sp³-hybridized carbons (Fsp3) is 0.455. The summed E-state index contributed by atoms with van der Waals surface area (Å²) < 4.78 is 27.0. The number of halogens is 2. The molecule has 7 heteroatoms. The number of benzene rings is 1. The summed E-state index contributed by atoms with van der Waals surface area (Å²) in [4.78, 5) is 0.140. The molecule has 0 bridgehead atoms. The van der Waals surface area contributed by atoms with Crippen LogP contribution in [0.5, 0.6) is 0 Å². The van der Waals surface area contributed by atoms with E-state index in [2.05, 4.69) is 15.9 Å². The Bertz CT molecular complexity index is 550. The zero-order chi connectivity index (χ0) is 13.3. The molecule has 4 nitrogen and oxygen atoms in total. The van der Waals surface area contributed by atoms with E-state index in [1.165, 1.54) is 10.4 Å². The lowest BCUT2D eigenvalue weighted by Gasteiger charge is -2.30. The van der Waals surface area contributed by atoms with E-state index in [0.29, 0.717) is 13.1 Å². The van der Waals surface area contributed by atoms with Gasteiger partial charge < -0.3 is 5.73 Å². The van der Waals surface area contributed by atoms with Crippen LogP contribution in [0.2, 0.25) is 5.02 Å². The van der Waals surface area contributed by atoms with Gasteiger partial charge in [0.15, 0.2) is 0 Å². The molecule has 1 aromatic carbocycles. The maximum Gasteiger partial charge on any atom is 0.244 e. The van der Waals surface area contributed by atoms with Crippen molar-refractivity contribution in [3.05, 3.63) is 27.7 Å². The zero-order valence-electron chi connectivity index (χ0n) is 9.64. The lowest BCUT2D eigenvalue weighted by Crippen LogP contribution is -2.45. The quantitative estimate of drug-likeness (QED) is 0.886. The van der Waals surface area contributed by atoms with Gasteiger partial charge >= 0.3 is 0 Å². The minimum absolute atomic E-state index is 0.0947. The number of sulfonamides is 1. The van der Waals surface area contributed by atoms with E-state index in [0.717, 1.165) is 17.3 Å². The van der Waals surface area contributed by atoms with Crippen LogP contribution in [-0.2, 0) is 10.0 Å². The first kappa shape index (κ1) is 14.3. The minimum atomic E-state index is -3.54. The maximum atomic E-state index is 12.4. The van der Waals surface area contributed by atoms with Crippen molar-refractivity contribution in [2.24, 2.45) is 5.73 Å². The summed E-state index contributed by atoms with van der Waals surface area (Å²) in [6.07, 6.45) is 1.65. The van der Waals surface area contributed by atoms with Gasteiger partial charge in [0, 0.05) is 23.6 Å². The van der Waals surface area contributed by atoms with Crippen LogP contribution in [-0.4, -0.2) is 31.9 Å². The Morgan fingerprint density at radius 2 is 2.17 bits per heavy atom. The molecule has 0 saturated carbocycles. The van der Waals surface area contributed by atoms with Crippen LogP contribution in [0.25, 0.3) is 0 Å². The highest BCUT2D eigenvalue weighted by atomic mass is 79.9. The number of hydrogen-bond donors (Lipinski definition) is 1. The second-order valence-electron chi connectivity index (χ2n) is 4.34. The second kappa shape index (κ2) is 5.46. The number of rotatable bonds is 2. The van der Waals surface area contributed by atoms with Crippen LogP contribution in [0.15, 0.2) is 27.6 Å². The van der Waals surface area contributed by atoms with E-state index in [1.54, 1.807) is 12.1 Å². The highest BCUT2D eigenvalue weighted by Gasteiger charge is 2.30. The van der Waals surface area contributed by atoms with Crippen molar-refractivity contribution < 1.29 is 8.42 Å². The third kappa shape index (κ3) is 2.88. The van der Waals surface area contributed by atoms with Crippen molar-refractivity contribution in [2.45, 2.75) is 23.8 Å². The van der Waals surface area contributed by atoms with E-state index >= 15 is 0 Å². The molecule has 2 rings (SSSR count). The zero-order valence-corrected chi connectivity index (χ0v) is 12.8. The molecule has 0 aliphatic carbocycles. The smallest absolute Gasteiger partial charge is 0.244 e. The number of nitrogens with zero attached hydrogens (tertiary/aromatic N) is 1. The van der Waals surface area contributed by atoms with Crippen molar-refractivity contribution in [1.82, 2.24) is 4.31 Å². The molecule has 1 heterocycles. The molecule has 1 aliphatic rings. The average molecular weight is 354 g/mol. The summed E-state index contributed by atoms with van der Waals surface area (Å²) in [5.74, 6) is 0. The molecule has 100 valence electrons. The van der Waals surface area contributed by atoms with Gasteiger partial charge in [-0.25, -0.2) is 8.42 Å². The van der Waals surface area contributed by atoms with Gasteiger partial charge in [-0.1, -0.05) is 27.5 Å². The van der Waals surface area contributed by atoms with Crippen molar-refractivity contribution in [2.75, 3.05) is 13.1 Å². The lowest BCUT2D eigenvalue weighted by molar-refractivity contribution is 0.316. The number of hydrogen-bond acceptors (Lipinski definition) is 3. The van der Waals surface area contributed by atoms with E-state index in [4.69, 9.17) is 17.3 Å². The summed E-state index contributed by atoms with van der Waals surface area (Å²) in [5, 5.41) is 0.225. The van der Waals surface area contributed by atoms with Gasteiger partial charge in [-0.2, -0.15) is 4.31 Å². The van der Waals surface area contributed by atoms with Gasteiger partial charge in [0.25, 0.3) is 0 Å². The standard InChI is InChI=1S/C11H14BrClN2O2S/c12-8-3-4-11(10(13)6-8)18(16,17)15-5-1-2-9(14)7-15/h3-4,6,9H,1-2,5,7,14H2/t9-/m1/s1.